The molecule has 1 aromatic heterocycles. The largest absolute Gasteiger partial charge is 0.342 e. The Labute approximate surface area is 150 Å². The molecule has 2 aromatic carbocycles. The van der Waals surface area contributed by atoms with Crippen LogP contribution in [0.1, 0.15) is 41.6 Å². The topological polar surface area (TPSA) is 101 Å². The van der Waals surface area contributed by atoms with Gasteiger partial charge in [-0.2, -0.15) is 0 Å². The number of nitrogens with one attached hydrogen (secondary N) is 2. The van der Waals surface area contributed by atoms with Gasteiger partial charge in [-0.15, -0.1) is 0 Å². The maximum Gasteiger partial charge on any atom is 0.273 e. The molecule has 0 radical (unpaired) electrons. The van der Waals surface area contributed by atoms with E-state index in [2.05, 4.69) is 15.3 Å². The molecule has 0 saturated carbocycles. The second-order valence-electron chi connectivity index (χ2n) is 6.54. The second-order valence-corrected chi connectivity index (χ2v) is 6.54. The molecule has 1 amide bonds. The van der Waals surface area contributed by atoms with Crippen molar-refractivity contribution < 1.29 is 9.72 Å². The van der Waals surface area contributed by atoms with Gasteiger partial charge in [-0.1, -0.05) is 32.0 Å². The lowest BCUT2D eigenvalue weighted by Gasteiger charge is -2.21. The van der Waals surface area contributed by atoms with Gasteiger partial charge in [0.2, 0.25) is 0 Å². The molecule has 2 N–H and O–H groups in total. The van der Waals surface area contributed by atoms with Crippen LogP contribution < -0.4 is 5.32 Å². The van der Waals surface area contributed by atoms with Crippen LogP contribution in [-0.2, 0) is 0 Å². The van der Waals surface area contributed by atoms with E-state index in [4.69, 9.17) is 0 Å². The van der Waals surface area contributed by atoms with Crippen LogP contribution in [0, 0.1) is 23.0 Å². The Morgan fingerprint density at radius 2 is 1.92 bits per heavy atom. The molecule has 1 heterocycles. The van der Waals surface area contributed by atoms with Crippen LogP contribution in [0.15, 0.2) is 42.5 Å². The molecule has 1 atom stereocenters. The Balaban J connectivity index is 1.92. The highest BCUT2D eigenvalue weighted by Crippen LogP contribution is 2.25. The van der Waals surface area contributed by atoms with Crippen molar-refractivity contribution in [2.24, 2.45) is 5.92 Å². The first-order valence-electron chi connectivity index (χ1n) is 8.38. The van der Waals surface area contributed by atoms with Crippen LogP contribution in [0.4, 0.5) is 5.69 Å². The van der Waals surface area contributed by atoms with Crippen molar-refractivity contribution in [3.63, 3.8) is 0 Å². The molecular formula is C19H20N4O3. The van der Waals surface area contributed by atoms with E-state index in [9.17, 15) is 14.9 Å². The summed E-state index contributed by atoms with van der Waals surface area (Å²) < 4.78 is 0. The van der Waals surface area contributed by atoms with E-state index in [1.807, 2.05) is 38.1 Å². The molecule has 3 aromatic rings. The number of aromatic amines is 1. The van der Waals surface area contributed by atoms with Crippen LogP contribution in [0.2, 0.25) is 0 Å². The smallest absolute Gasteiger partial charge is 0.273 e. The number of fused-ring (bicyclic) bond motifs is 1. The number of nitro groups is 1. The van der Waals surface area contributed by atoms with Crippen molar-refractivity contribution in [1.82, 2.24) is 15.3 Å². The summed E-state index contributed by atoms with van der Waals surface area (Å²) >= 11 is 0. The number of benzene rings is 2. The van der Waals surface area contributed by atoms with Gasteiger partial charge in [0.05, 0.1) is 22.0 Å². The average molecular weight is 352 g/mol. The Bertz CT molecular complexity index is 945. The summed E-state index contributed by atoms with van der Waals surface area (Å²) in [6.45, 7) is 5.55. The third-order valence-corrected chi connectivity index (χ3v) is 4.40. The van der Waals surface area contributed by atoms with Crippen molar-refractivity contribution in [3.05, 3.63) is 69.5 Å². The number of carbonyl (C=O) groups excluding carboxylic acids is 1. The monoisotopic (exact) mass is 352 g/mol. The molecule has 7 nitrogen and oxygen atoms in total. The van der Waals surface area contributed by atoms with E-state index in [1.54, 1.807) is 13.0 Å². The molecule has 0 aliphatic heterocycles. The number of amides is 1. The van der Waals surface area contributed by atoms with Gasteiger partial charge in [-0.05, 0) is 31.0 Å². The molecule has 7 heteroatoms. The Hall–Kier alpha value is -3.22. The Morgan fingerprint density at radius 1 is 1.19 bits per heavy atom. The first kappa shape index (κ1) is 17.6. The molecule has 0 spiro atoms. The molecule has 134 valence electrons. The fourth-order valence-electron chi connectivity index (χ4n) is 2.96. The van der Waals surface area contributed by atoms with Crippen LogP contribution in [-0.4, -0.2) is 20.8 Å². The SMILES string of the molecule is Cc1c(C(=O)N[C@H](c2nc3ccccc3[nH]2)C(C)C)cccc1[N+](=O)[O-]. The molecule has 0 bridgehead atoms. The normalized spacial score (nSPS) is 12.3. The molecule has 0 aliphatic rings. The molecule has 3 rings (SSSR count). The van der Waals surface area contributed by atoms with E-state index in [-0.39, 0.29) is 23.6 Å². The first-order valence-corrected chi connectivity index (χ1v) is 8.38. The number of H-pyrrole nitrogens is 1. The molecule has 26 heavy (non-hydrogen) atoms. The predicted molar refractivity (Wildman–Crippen MR) is 99.0 cm³/mol. The van der Waals surface area contributed by atoms with Gasteiger partial charge in [-0.25, -0.2) is 4.98 Å². The van der Waals surface area contributed by atoms with Crippen molar-refractivity contribution in [3.8, 4) is 0 Å². The lowest BCUT2D eigenvalue weighted by molar-refractivity contribution is -0.385. The fourth-order valence-corrected chi connectivity index (χ4v) is 2.96. The van der Waals surface area contributed by atoms with Gasteiger partial charge in [0.15, 0.2) is 0 Å². The fraction of sp³-hybridized carbons (Fsp3) is 0.263. The quantitative estimate of drug-likeness (QED) is 0.537. The van der Waals surface area contributed by atoms with Gasteiger partial charge in [0, 0.05) is 17.2 Å². The number of hydrogen-bond donors (Lipinski definition) is 2. The molecule has 0 fully saturated rings. The van der Waals surface area contributed by atoms with E-state index in [0.717, 1.165) is 11.0 Å². The highest BCUT2D eigenvalue weighted by molar-refractivity contribution is 5.96. The molecular weight excluding hydrogens is 332 g/mol. The average Bonchev–Trinajstić information content (AvgIpc) is 3.02. The van der Waals surface area contributed by atoms with E-state index in [1.165, 1.54) is 12.1 Å². The van der Waals surface area contributed by atoms with Crippen LogP contribution >= 0.6 is 0 Å². The molecule has 0 unspecified atom stereocenters. The number of nitrogens with zero attached hydrogens (tertiary/aromatic N) is 2. The summed E-state index contributed by atoms with van der Waals surface area (Å²) in [5.74, 6) is 0.390. The van der Waals surface area contributed by atoms with Crippen LogP contribution in [0.25, 0.3) is 11.0 Å². The van der Waals surface area contributed by atoms with Crippen molar-refractivity contribution in [1.29, 1.82) is 0 Å². The Morgan fingerprint density at radius 3 is 2.58 bits per heavy atom. The van der Waals surface area contributed by atoms with Gasteiger partial charge < -0.3 is 10.3 Å². The van der Waals surface area contributed by atoms with Crippen molar-refractivity contribution in [2.45, 2.75) is 26.8 Å². The summed E-state index contributed by atoms with van der Waals surface area (Å²) in [6, 6.07) is 11.8. The number of imidazole rings is 1. The number of hydrogen-bond acceptors (Lipinski definition) is 4. The third-order valence-electron chi connectivity index (χ3n) is 4.40. The number of carbonyl (C=O) groups is 1. The number of nitro benzene ring substituents is 1. The molecule has 0 aliphatic carbocycles. The summed E-state index contributed by atoms with van der Waals surface area (Å²) in [4.78, 5) is 31.2. The van der Waals surface area contributed by atoms with Crippen LogP contribution in [0.3, 0.4) is 0 Å². The zero-order chi connectivity index (χ0) is 18.8. The number of para-hydroxylation sites is 2. The van der Waals surface area contributed by atoms with Gasteiger partial charge in [-0.3, -0.25) is 14.9 Å². The lowest BCUT2D eigenvalue weighted by atomic mass is 10.0. The summed E-state index contributed by atoms with van der Waals surface area (Å²) in [7, 11) is 0. The standard InChI is InChI=1S/C19H20N4O3/c1-11(2)17(18-20-14-8-4-5-9-15(14)21-18)22-19(24)13-7-6-10-16(12(13)3)23(25)26/h4-11,17H,1-3H3,(H,20,21)(H,22,24)/t17-/m0/s1. The highest BCUT2D eigenvalue weighted by atomic mass is 16.6. The zero-order valence-corrected chi connectivity index (χ0v) is 14.8. The predicted octanol–water partition coefficient (Wildman–Crippen LogP) is 3.91. The second kappa shape index (κ2) is 6.95. The van der Waals surface area contributed by atoms with Crippen molar-refractivity contribution in [2.75, 3.05) is 0 Å². The van der Waals surface area contributed by atoms with Gasteiger partial charge >= 0.3 is 0 Å². The zero-order valence-electron chi connectivity index (χ0n) is 14.8. The number of aromatic nitrogens is 2. The van der Waals surface area contributed by atoms with Crippen LogP contribution in [0.5, 0.6) is 0 Å². The maximum atomic E-state index is 12.8. The minimum atomic E-state index is -0.481. The highest BCUT2D eigenvalue weighted by Gasteiger charge is 2.25. The minimum absolute atomic E-state index is 0.0671. The lowest BCUT2D eigenvalue weighted by Crippen LogP contribution is -2.33. The van der Waals surface area contributed by atoms with Gasteiger partial charge in [0.25, 0.3) is 11.6 Å². The Kier molecular flexibility index (Phi) is 4.71. The maximum absolute atomic E-state index is 12.8. The third kappa shape index (κ3) is 3.28. The van der Waals surface area contributed by atoms with E-state index >= 15 is 0 Å². The van der Waals surface area contributed by atoms with Crippen molar-refractivity contribution >= 4 is 22.6 Å². The first-order chi connectivity index (χ1) is 12.4. The summed E-state index contributed by atoms with van der Waals surface area (Å²) in [5.41, 5.74) is 2.30. The summed E-state index contributed by atoms with van der Waals surface area (Å²) in [5, 5.41) is 14.1. The number of rotatable bonds is 5. The van der Waals surface area contributed by atoms with E-state index in [0.29, 0.717) is 17.0 Å². The van der Waals surface area contributed by atoms with E-state index < -0.39 is 4.92 Å². The summed E-state index contributed by atoms with van der Waals surface area (Å²) in [6.07, 6.45) is 0. The molecule has 0 saturated heterocycles. The van der Waals surface area contributed by atoms with Gasteiger partial charge in [0.1, 0.15) is 5.82 Å². The minimum Gasteiger partial charge on any atom is -0.342 e.